The van der Waals surface area contributed by atoms with Gasteiger partial charge in [-0.05, 0) is 6.66 Å². The standard InChI is InChI=1S/C2H6IOP/c1-5(4)2-3/h5H,2H2,1H3. The molecule has 1 nitrogen and oxygen atoms in total. The molecule has 0 aromatic carbocycles. The van der Waals surface area contributed by atoms with Crippen molar-refractivity contribution in [2.75, 3.05) is 10.8 Å². The quantitative estimate of drug-likeness (QED) is 0.360. The lowest BCUT2D eigenvalue weighted by Gasteiger charge is -1.72. The zero-order chi connectivity index (χ0) is 4.28. The highest BCUT2D eigenvalue weighted by atomic mass is 127. The van der Waals surface area contributed by atoms with Crippen molar-refractivity contribution in [2.45, 2.75) is 0 Å². The first kappa shape index (κ1) is 5.96. The van der Waals surface area contributed by atoms with Gasteiger partial charge in [-0.2, -0.15) is 0 Å². The Morgan fingerprint density at radius 2 is 2.20 bits per heavy atom. The number of hydrogen-bond donors (Lipinski definition) is 0. The monoisotopic (exact) mass is 204 g/mol. The largest absolute Gasteiger partial charge is 0.326 e. The predicted molar refractivity (Wildman–Crippen MR) is 33.8 cm³/mol. The molecule has 0 fully saturated rings. The van der Waals surface area contributed by atoms with Gasteiger partial charge in [0.15, 0.2) is 0 Å². The lowest BCUT2D eigenvalue weighted by atomic mass is 11.9. The molecule has 32 valence electrons. The van der Waals surface area contributed by atoms with Crippen molar-refractivity contribution in [3.63, 3.8) is 0 Å². The van der Waals surface area contributed by atoms with Crippen LogP contribution < -0.4 is 0 Å². The Bertz CT molecular complexity index is 44.9. The SMILES string of the molecule is C[PH](=O)CI. The molecule has 0 N–H and O–H groups in total. The predicted octanol–water partition coefficient (Wildman–Crippen LogP) is 1.57. The van der Waals surface area contributed by atoms with Gasteiger partial charge in [-0.1, -0.05) is 22.6 Å². The molecule has 0 bridgehead atoms. The van der Waals surface area contributed by atoms with Gasteiger partial charge in [0.2, 0.25) is 0 Å². The Kier molecular flexibility index (Phi) is 3.77. The van der Waals surface area contributed by atoms with Crippen LogP contribution in [0.5, 0.6) is 0 Å². The van der Waals surface area contributed by atoms with E-state index >= 15 is 0 Å². The Balaban J connectivity index is 2.85. The summed E-state index contributed by atoms with van der Waals surface area (Å²) >= 11 is 2.11. The van der Waals surface area contributed by atoms with E-state index in [1.807, 2.05) is 0 Å². The maximum Gasteiger partial charge on any atom is 0.0825 e. The molecule has 0 saturated heterocycles. The molecule has 1 unspecified atom stereocenters. The van der Waals surface area contributed by atoms with Gasteiger partial charge in [-0.3, -0.25) is 0 Å². The summed E-state index contributed by atoms with van der Waals surface area (Å²) in [6, 6.07) is 0. The molecule has 0 aromatic rings. The second kappa shape index (κ2) is 3.16. The highest BCUT2D eigenvalue weighted by molar-refractivity contribution is 14.1. The van der Waals surface area contributed by atoms with Crippen LogP contribution in [0.1, 0.15) is 0 Å². The summed E-state index contributed by atoms with van der Waals surface area (Å²) in [7, 11) is -1.14. The molecule has 0 heterocycles. The normalized spacial score (nSPS) is 14.8. The van der Waals surface area contributed by atoms with Gasteiger partial charge in [0, 0.05) is 0 Å². The van der Waals surface area contributed by atoms with Gasteiger partial charge in [0.05, 0.1) is 12.0 Å². The average molecular weight is 204 g/mol. The highest BCUT2D eigenvalue weighted by Gasteiger charge is 1.76. The Morgan fingerprint density at radius 1 is 2.00 bits per heavy atom. The van der Waals surface area contributed by atoms with Crippen LogP contribution in [-0.4, -0.2) is 10.8 Å². The van der Waals surface area contributed by atoms with Gasteiger partial charge in [-0.15, -0.1) is 0 Å². The van der Waals surface area contributed by atoms with Crippen LogP contribution in [0.25, 0.3) is 0 Å². The average Bonchev–Trinajstić information content (AvgIpc) is 1.38. The summed E-state index contributed by atoms with van der Waals surface area (Å²) in [6.45, 7) is 1.76. The number of hydrogen-bond acceptors (Lipinski definition) is 1. The minimum atomic E-state index is -1.14. The van der Waals surface area contributed by atoms with Crippen molar-refractivity contribution in [2.24, 2.45) is 0 Å². The van der Waals surface area contributed by atoms with Crippen molar-refractivity contribution in [3.8, 4) is 0 Å². The first-order chi connectivity index (χ1) is 2.27. The summed E-state index contributed by atoms with van der Waals surface area (Å²) in [4.78, 5) is 0. The molecule has 0 aromatic heterocycles. The summed E-state index contributed by atoms with van der Waals surface area (Å²) in [6.07, 6.45) is 0. The second-order valence-electron chi connectivity index (χ2n) is 0.836. The van der Waals surface area contributed by atoms with E-state index in [0.29, 0.717) is 0 Å². The summed E-state index contributed by atoms with van der Waals surface area (Å²) in [5.74, 6) is 0. The number of rotatable bonds is 1. The summed E-state index contributed by atoms with van der Waals surface area (Å²) < 4.78 is 10.8. The zero-order valence-electron chi connectivity index (χ0n) is 2.99. The second-order valence-corrected chi connectivity index (χ2v) is 4.80. The molecule has 0 amide bonds. The smallest absolute Gasteiger partial charge is 0.0825 e. The first-order valence-corrected chi connectivity index (χ1v) is 4.97. The van der Waals surface area contributed by atoms with Crippen LogP contribution >= 0.6 is 30.4 Å². The minimum Gasteiger partial charge on any atom is -0.326 e. The number of alkyl halides is 1. The zero-order valence-corrected chi connectivity index (χ0v) is 6.15. The fourth-order valence-electron chi connectivity index (χ4n) is 0. The van der Waals surface area contributed by atoms with Crippen molar-refractivity contribution in [3.05, 3.63) is 0 Å². The van der Waals surface area contributed by atoms with Crippen LogP contribution in [0.4, 0.5) is 0 Å². The summed E-state index contributed by atoms with van der Waals surface area (Å²) in [5, 5.41) is 0. The van der Waals surface area contributed by atoms with E-state index in [9.17, 15) is 4.57 Å². The van der Waals surface area contributed by atoms with Gasteiger partial charge >= 0.3 is 0 Å². The maximum atomic E-state index is 9.99. The molecule has 0 aliphatic rings. The van der Waals surface area contributed by atoms with E-state index in [1.165, 1.54) is 0 Å². The van der Waals surface area contributed by atoms with E-state index < -0.39 is 7.80 Å². The van der Waals surface area contributed by atoms with Gasteiger partial charge in [0.25, 0.3) is 0 Å². The lowest BCUT2D eigenvalue weighted by Crippen LogP contribution is -1.47. The van der Waals surface area contributed by atoms with E-state index in [2.05, 4.69) is 22.6 Å². The van der Waals surface area contributed by atoms with E-state index in [4.69, 9.17) is 0 Å². The van der Waals surface area contributed by atoms with Crippen molar-refractivity contribution < 1.29 is 4.57 Å². The molecule has 5 heavy (non-hydrogen) atoms. The van der Waals surface area contributed by atoms with Gasteiger partial charge in [-0.25, -0.2) is 0 Å². The van der Waals surface area contributed by atoms with E-state index in [0.717, 1.165) is 4.17 Å². The fourth-order valence-corrected chi connectivity index (χ4v) is 0. The Hall–Kier alpha value is 0.960. The minimum absolute atomic E-state index is 0.822. The highest BCUT2D eigenvalue weighted by Crippen LogP contribution is 2.15. The molecular weight excluding hydrogens is 198 g/mol. The lowest BCUT2D eigenvalue weighted by molar-refractivity contribution is 0.594. The molecule has 1 atom stereocenters. The Morgan fingerprint density at radius 3 is 2.20 bits per heavy atom. The topological polar surface area (TPSA) is 17.1 Å². The molecule has 0 aliphatic heterocycles. The molecular formula is C2H6IOP. The van der Waals surface area contributed by atoms with Crippen LogP contribution in [-0.2, 0) is 4.57 Å². The van der Waals surface area contributed by atoms with Crippen molar-refractivity contribution in [1.29, 1.82) is 0 Å². The number of halogens is 1. The fraction of sp³-hybridized carbons (Fsp3) is 1.00. The van der Waals surface area contributed by atoms with Crippen LogP contribution in [0, 0.1) is 0 Å². The summed E-state index contributed by atoms with van der Waals surface area (Å²) in [5.41, 5.74) is 0. The van der Waals surface area contributed by atoms with E-state index in [-0.39, 0.29) is 0 Å². The van der Waals surface area contributed by atoms with Gasteiger partial charge in [0.1, 0.15) is 0 Å². The van der Waals surface area contributed by atoms with Crippen LogP contribution in [0.3, 0.4) is 0 Å². The third kappa shape index (κ3) is 4.96. The molecule has 0 aliphatic carbocycles. The molecule has 3 heteroatoms. The van der Waals surface area contributed by atoms with Crippen LogP contribution in [0.2, 0.25) is 0 Å². The third-order valence-corrected chi connectivity index (χ3v) is 3.79. The molecule has 0 rings (SSSR count). The van der Waals surface area contributed by atoms with E-state index in [1.54, 1.807) is 6.66 Å². The third-order valence-electron chi connectivity index (χ3n) is 0.188. The molecule has 0 saturated carbocycles. The first-order valence-electron chi connectivity index (χ1n) is 1.32. The van der Waals surface area contributed by atoms with Crippen LogP contribution in [0.15, 0.2) is 0 Å². The van der Waals surface area contributed by atoms with Gasteiger partial charge < -0.3 is 4.57 Å². The Labute approximate surface area is 46.1 Å². The van der Waals surface area contributed by atoms with Crippen molar-refractivity contribution >= 4 is 30.4 Å². The maximum absolute atomic E-state index is 9.99. The molecule has 0 radical (unpaired) electrons. The molecule has 0 spiro atoms. The van der Waals surface area contributed by atoms with Crippen molar-refractivity contribution in [1.82, 2.24) is 0 Å².